The Morgan fingerprint density at radius 3 is 2.24 bits per heavy atom. The maximum absolute atomic E-state index is 14.8. The molecule has 0 aromatic heterocycles. The standard InChI is InChI=1S/C27H21F3O3/c1-3-13-31-24-12-11-22(26(29)27(24)30)18-7-5-17(6-8-18)19-9-10-21(23(28)14-19)20-15-32-25(4-2)33-16-20/h1,4-12,14,20,25H,2,13,15-16H2. The number of benzene rings is 3. The molecule has 1 aliphatic heterocycles. The summed E-state index contributed by atoms with van der Waals surface area (Å²) in [7, 11) is 0. The van der Waals surface area contributed by atoms with Gasteiger partial charge in [0, 0.05) is 11.5 Å². The van der Waals surface area contributed by atoms with Crippen LogP contribution in [0.4, 0.5) is 13.2 Å². The number of ether oxygens (including phenoxy) is 3. The van der Waals surface area contributed by atoms with Crippen LogP contribution in [0.2, 0.25) is 0 Å². The van der Waals surface area contributed by atoms with E-state index in [2.05, 4.69) is 12.5 Å². The summed E-state index contributed by atoms with van der Waals surface area (Å²) in [6.45, 7) is 4.15. The molecule has 0 spiro atoms. The average molecular weight is 450 g/mol. The molecule has 1 fully saturated rings. The molecule has 0 atom stereocenters. The fourth-order valence-electron chi connectivity index (χ4n) is 3.70. The molecule has 1 saturated heterocycles. The van der Waals surface area contributed by atoms with Gasteiger partial charge in [-0.1, -0.05) is 48.9 Å². The quantitative estimate of drug-likeness (QED) is 0.336. The SMILES string of the molecule is C#CCOc1ccc(-c2ccc(-c3ccc(C4COC(C=C)OC4)c(F)c3)cc2)c(F)c1F. The Hall–Kier alpha value is -3.53. The first-order valence-electron chi connectivity index (χ1n) is 10.3. The lowest BCUT2D eigenvalue weighted by Gasteiger charge is -2.28. The van der Waals surface area contributed by atoms with Crippen LogP contribution in [-0.2, 0) is 9.47 Å². The highest BCUT2D eigenvalue weighted by Gasteiger charge is 2.24. The minimum atomic E-state index is -1.10. The Bertz CT molecular complexity index is 1190. The largest absolute Gasteiger partial charge is 0.478 e. The monoisotopic (exact) mass is 450 g/mol. The third-order valence-corrected chi connectivity index (χ3v) is 5.44. The van der Waals surface area contributed by atoms with Crippen LogP contribution in [-0.4, -0.2) is 26.1 Å². The third kappa shape index (κ3) is 4.80. The first-order valence-corrected chi connectivity index (χ1v) is 10.3. The third-order valence-electron chi connectivity index (χ3n) is 5.44. The Balaban J connectivity index is 1.53. The summed E-state index contributed by atoms with van der Waals surface area (Å²) in [4.78, 5) is 0. The summed E-state index contributed by atoms with van der Waals surface area (Å²) in [6, 6.07) is 14.5. The highest BCUT2D eigenvalue weighted by atomic mass is 19.2. The Morgan fingerprint density at radius 2 is 1.61 bits per heavy atom. The van der Waals surface area contributed by atoms with Crippen molar-refractivity contribution in [3.8, 4) is 40.3 Å². The molecule has 0 aliphatic carbocycles. The average Bonchev–Trinajstić information content (AvgIpc) is 2.85. The van der Waals surface area contributed by atoms with E-state index in [4.69, 9.17) is 20.6 Å². The lowest BCUT2D eigenvalue weighted by atomic mass is 9.95. The number of hydrogen-bond acceptors (Lipinski definition) is 3. The fraction of sp³-hybridized carbons (Fsp3) is 0.185. The molecule has 3 nitrogen and oxygen atoms in total. The Labute approximate surface area is 190 Å². The maximum Gasteiger partial charge on any atom is 0.201 e. The van der Waals surface area contributed by atoms with Gasteiger partial charge in [-0.3, -0.25) is 0 Å². The molecular formula is C27H21F3O3. The summed E-state index contributed by atoms with van der Waals surface area (Å²) >= 11 is 0. The molecule has 3 aromatic carbocycles. The van der Waals surface area contributed by atoms with Crippen LogP contribution in [0, 0.1) is 29.8 Å². The molecule has 0 N–H and O–H groups in total. The molecule has 6 heteroatoms. The van der Waals surface area contributed by atoms with Crippen LogP contribution < -0.4 is 4.74 Å². The van der Waals surface area contributed by atoms with Crippen LogP contribution >= 0.6 is 0 Å². The fourth-order valence-corrected chi connectivity index (χ4v) is 3.70. The van der Waals surface area contributed by atoms with Gasteiger partial charge in [-0.2, -0.15) is 4.39 Å². The van der Waals surface area contributed by atoms with Crippen LogP contribution in [0.15, 0.2) is 67.3 Å². The Kier molecular flexibility index (Phi) is 6.83. The van der Waals surface area contributed by atoms with Gasteiger partial charge < -0.3 is 14.2 Å². The molecule has 3 aromatic rings. The van der Waals surface area contributed by atoms with E-state index < -0.39 is 17.9 Å². The summed E-state index contributed by atoms with van der Waals surface area (Å²) < 4.78 is 59.6. The summed E-state index contributed by atoms with van der Waals surface area (Å²) in [5.74, 6) is -0.721. The van der Waals surface area contributed by atoms with Crippen molar-refractivity contribution in [1.82, 2.24) is 0 Å². The van der Waals surface area contributed by atoms with E-state index in [9.17, 15) is 13.2 Å². The number of rotatable bonds is 6. The maximum atomic E-state index is 14.8. The molecule has 0 saturated carbocycles. The molecule has 33 heavy (non-hydrogen) atoms. The van der Waals surface area contributed by atoms with Crippen molar-refractivity contribution in [2.24, 2.45) is 0 Å². The molecule has 168 valence electrons. The smallest absolute Gasteiger partial charge is 0.201 e. The van der Waals surface area contributed by atoms with Gasteiger partial charge in [0.05, 0.1) is 13.2 Å². The van der Waals surface area contributed by atoms with Crippen molar-refractivity contribution in [2.75, 3.05) is 19.8 Å². The number of halogens is 3. The van der Waals surface area contributed by atoms with Crippen molar-refractivity contribution in [2.45, 2.75) is 12.2 Å². The number of hydrogen-bond donors (Lipinski definition) is 0. The lowest BCUT2D eigenvalue weighted by molar-refractivity contribution is -0.159. The Morgan fingerprint density at radius 1 is 0.939 bits per heavy atom. The topological polar surface area (TPSA) is 27.7 Å². The van der Waals surface area contributed by atoms with E-state index in [1.165, 1.54) is 18.2 Å². The minimum absolute atomic E-state index is 0.0868. The zero-order valence-electron chi connectivity index (χ0n) is 17.7. The van der Waals surface area contributed by atoms with Crippen molar-refractivity contribution in [3.05, 3.63) is 90.3 Å². The van der Waals surface area contributed by atoms with E-state index in [0.29, 0.717) is 29.9 Å². The van der Waals surface area contributed by atoms with E-state index >= 15 is 0 Å². The van der Waals surface area contributed by atoms with Gasteiger partial charge in [0.25, 0.3) is 0 Å². The summed E-state index contributed by atoms with van der Waals surface area (Å²) in [5, 5.41) is 0. The van der Waals surface area contributed by atoms with Crippen molar-refractivity contribution in [1.29, 1.82) is 0 Å². The van der Waals surface area contributed by atoms with Gasteiger partial charge >= 0.3 is 0 Å². The number of terminal acetylenes is 1. The molecular weight excluding hydrogens is 429 g/mol. The van der Waals surface area contributed by atoms with E-state index in [-0.39, 0.29) is 29.7 Å². The second-order valence-corrected chi connectivity index (χ2v) is 7.51. The zero-order valence-corrected chi connectivity index (χ0v) is 17.7. The second-order valence-electron chi connectivity index (χ2n) is 7.51. The van der Waals surface area contributed by atoms with Crippen LogP contribution in [0.1, 0.15) is 11.5 Å². The summed E-state index contributed by atoms with van der Waals surface area (Å²) in [6.07, 6.45) is 6.18. The summed E-state index contributed by atoms with van der Waals surface area (Å²) in [5.41, 5.74) is 2.48. The molecule has 0 amide bonds. The normalized spacial score (nSPS) is 17.9. The first kappa shape index (κ1) is 22.7. The highest BCUT2D eigenvalue weighted by Crippen LogP contribution is 2.33. The molecule has 1 heterocycles. The van der Waals surface area contributed by atoms with Gasteiger partial charge in [-0.25, -0.2) is 8.78 Å². The predicted octanol–water partition coefficient (Wildman–Crippen LogP) is 6.09. The van der Waals surface area contributed by atoms with Gasteiger partial charge in [0.2, 0.25) is 5.82 Å². The molecule has 4 rings (SSSR count). The minimum Gasteiger partial charge on any atom is -0.478 e. The van der Waals surface area contributed by atoms with Gasteiger partial charge in [0.1, 0.15) is 12.4 Å². The van der Waals surface area contributed by atoms with Crippen molar-refractivity contribution in [3.63, 3.8) is 0 Å². The molecule has 0 bridgehead atoms. The van der Waals surface area contributed by atoms with Gasteiger partial charge in [0.15, 0.2) is 17.9 Å². The molecule has 0 unspecified atom stereocenters. The van der Waals surface area contributed by atoms with E-state index in [0.717, 1.165) is 5.56 Å². The zero-order chi connectivity index (χ0) is 23.4. The lowest BCUT2D eigenvalue weighted by Crippen LogP contribution is -2.29. The van der Waals surface area contributed by atoms with Gasteiger partial charge in [-0.15, -0.1) is 6.42 Å². The predicted molar refractivity (Wildman–Crippen MR) is 120 cm³/mol. The van der Waals surface area contributed by atoms with Crippen LogP contribution in [0.5, 0.6) is 5.75 Å². The van der Waals surface area contributed by atoms with Crippen LogP contribution in [0.25, 0.3) is 22.3 Å². The van der Waals surface area contributed by atoms with Crippen molar-refractivity contribution >= 4 is 0 Å². The highest BCUT2D eigenvalue weighted by molar-refractivity contribution is 5.71. The first-order chi connectivity index (χ1) is 16.0. The van der Waals surface area contributed by atoms with E-state index in [1.54, 1.807) is 36.4 Å². The molecule has 0 radical (unpaired) electrons. The van der Waals surface area contributed by atoms with Gasteiger partial charge in [-0.05, 0) is 46.5 Å². The van der Waals surface area contributed by atoms with E-state index in [1.807, 2.05) is 6.07 Å². The van der Waals surface area contributed by atoms with Crippen LogP contribution in [0.3, 0.4) is 0 Å². The van der Waals surface area contributed by atoms with Crippen molar-refractivity contribution < 1.29 is 27.4 Å². The molecule has 1 aliphatic rings. The second kappa shape index (κ2) is 9.95.